The monoisotopic (exact) mass is 376 g/mol. The Morgan fingerprint density at radius 3 is 2.76 bits per heavy atom. The first-order valence-corrected chi connectivity index (χ1v) is 8.31. The van der Waals surface area contributed by atoms with Gasteiger partial charge in [0, 0.05) is 34.9 Å². The zero-order chi connectivity index (χ0) is 15.5. The molecule has 1 aromatic heterocycles. The molecule has 1 heterocycles. The minimum Gasteiger partial charge on any atom is -0.316 e. The smallest absolute Gasteiger partial charge is 0.243 e. The van der Waals surface area contributed by atoms with Crippen LogP contribution in [0.15, 0.2) is 33.9 Å². The molecule has 0 aliphatic rings. The van der Waals surface area contributed by atoms with Gasteiger partial charge in [-0.2, -0.15) is 5.10 Å². The van der Waals surface area contributed by atoms with Crippen LogP contribution in [0.4, 0.5) is 4.39 Å². The summed E-state index contributed by atoms with van der Waals surface area (Å²) in [4.78, 5) is -0.384. The lowest BCUT2D eigenvalue weighted by atomic mass is 10.2. The van der Waals surface area contributed by atoms with Crippen LogP contribution in [0, 0.1) is 5.82 Å². The number of hydrogen-bond acceptors (Lipinski definition) is 4. The molecule has 21 heavy (non-hydrogen) atoms. The van der Waals surface area contributed by atoms with Gasteiger partial charge in [0.25, 0.3) is 0 Å². The topological polar surface area (TPSA) is 86.9 Å². The third-order valence-electron chi connectivity index (χ3n) is 2.76. The second-order valence-electron chi connectivity index (χ2n) is 4.34. The summed E-state index contributed by atoms with van der Waals surface area (Å²) in [6.07, 6.45) is 3.05. The van der Waals surface area contributed by atoms with Crippen molar-refractivity contribution in [1.82, 2.24) is 20.2 Å². The highest BCUT2D eigenvalue weighted by Gasteiger charge is 2.22. The van der Waals surface area contributed by atoms with E-state index in [1.54, 1.807) is 19.3 Å². The van der Waals surface area contributed by atoms with Crippen molar-refractivity contribution in [3.8, 4) is 0 Å². The van der Waals surface area contributed by atoms with Gasteiger partial charge < -0.3 is 5.32 Å². The first-order chi connectivity index (χ1) is 9.94. The van der Waals surface area contributed by atoms with E-state index >= 15 is 0 Å². The summed E-state index contributed by atoms with van der Waals surface area (Å²) in [6.45, 7) is 0.266. The lowest BCUT2D eigenvalue weighted by molar-refractivity contribution is 0.545. The number of halogens is 2. The summed E-state index contributed by atoms with van der Waals surface area (Å²) >= 11 is 3.20. The second kappa shape index (κ2) is 6.65. The normalized spacial score (nSPS) is 11.8. The van der Waals surface area contributed by atoms with Crippen LogP contribution >= 0.6 is 15.9 Å². The zero-order valence-corrected chi connectivity index (χ0v) is 13.6. The predicted octanol–water partition coefficient (Wildman–Crippen LogP) is 1.51. The van der Waals surface area contributed by atoms with Crippen molar-refractivity contribution >= 4 is 26.0 Å². The molecule has 0 amide bonds. The summed E-state index contributed by atoms with van der Waals surface area (Å²) in [7, 11) is -2.30. The molecule has 0 saturated carbocycles. The summed E-state index contributed by atoms with van der Waals surface area (Å²) in [5.74, 6) is -0.757. The minimum atomic E-state index is -3.95. The molecule has 0 spiro atoms. The maximum absolute atomic E-state index is 14.3. The molecule has 0 saturated heterocycles. The lowest BCUT2D eigenvalue weighted by Crippen LogP contribution is -2.25. The molecule has 0 aliphatic carbocycles. The van der Waals surface area contributed by atoms with E-state index in [0.717, 1.165) is 0 Å². The molecule has 0 radical (unpaired) electrons. The standard InChI is InChI=1S/C12H14BrFN4O2S/c1-15-7-9-2-10(13)3-11(12(9)14)21(19,20)18-6-8-4-16-17-5-8/h2-5,15,18H,6-7H2,1H3,(H,16,17). The Labute approximate surface area is 130 Å². The summed E-state index contributed by atoms with van der Waals surface area (Å²) in [6, 6.07) is 2.78. The Hall–Kier alpha value is -1.29. The van der Waals surface area contributed by atoms with E-state index in [9.17, 15) is 12.8 Å². The number of H-pyrrole nitrogens is 1. The van der Waals surface area contributed by atoms with Crippen LogP contribution in [0.3, 0.4) is 0 Å². The molecule has 1 aromatic carbocycles. The van der Waals surface area contributed by atoms with Crippen molar-refractivity contribution in [2.45, 2.75) is 18.0 Å². The number of rotatable bonds is 6. The molecule has 9 heteroatoms. The van der Waals surface area contributed by atoms with Crippen LogP contribution in [0.1, 0.15) is 11.1 Å². The highest BCUT2D eigenvalue weighted by atomic mass is 79.9. The van der Waals surface area contributed by atoms with E-state index in [4.69, 9.17) is 0 Å². The van der Waals surface area contributed by atoms with Crippen LogP contribution in [0.25, 0.3) is 0 Å². The van der Waals surface area contributed by atoms with E-state index in [2.05, 4.69) is 36.2 Å². The maximum atomic E-state index is 14.3. The Balaban J connectivity index is 2.30. The van der Waals surface area contributed by atoms with Crippen molar-refractivity contribution in [3.05, 3.63) is 45.9 Å². The number of hydrogen-bond donors (Lipinski definition) is 3. The van der Waals surface area contributed by atoms with Gasteiger partial charge >= 0.3 is 0 Å². The predicted molar refractivity (Wildman–Crippen MR) is 79.5 cm³/mol. The van der Waals surface area contributed by atoms with Gasteiger partial charge in [0.2, 0.25) is 10.0 Å². The molecular formula is C12H14BrFN4O2S. The Morgan fingerprint density at radius 1 is 1.38 bits per heavy atom. The summed E-state index contributed by atoms with van der Waals surface area (Å²) < 4.78 is 41.6. The van der Waals surface area contributed by atoms with E-state index in [1.165, 1.54) is 12.3 Å². The van der Waals surface area contributed by atoms with Gasteiger partial charge in [-0.1, -0.05) is 15.9 Å². The van der Waals surface area contributed by atoms with Gasteiger partial charge in [0.15, 0.2) is 0 Å². The average molecular weight is 377 g/mol. The third kappa shape index (κ3) is 3.88. The molecule has 6 nitrogen and oxygen atoms in total. The molecule has 3 N–H and O–H groups in total. The summed E-state index contributed by atoms with van der Waals surface area (Å²) in [5.41, 5.74) is 0.931. The van der Waals surface area contributed by atoms with E-state index in [1.807, 2.05) is 0 Å². The number of benzene rings is 1. The van der Waals surface area contributed by atoms with Crippen molar-refractivity contribution in [3.63, 3.8) is 0 Å². The van der Waals surface area contributed by atoms with Crippen molar-refractivity contribution in [2.24, 2.45) is 0 Å². The molecule has 2 aromatic rings. The number of aromatic amines is 1. The highest BCUT2D eigenvalue weighted by molar-refractivity contribution is 9.10. The van der Waals surface area contributed by atoms with Crippen LogP contribution in [-0.2, 0) is 23.1 Å². The van der Waals surface area contributed by atoms with Gasteiger partial charge in [-0.25, -0.2) is 17.5 Å². The molecular weight excluding hydrogens is 363 g/mol. The highest BCUT2D eigenvalue weighted by Crippen LogP contribution is 2.24. The first-order valence-electron chi connectivity index (χ1n) is 6.04. The maximum Gasteiger partial charge on any atom is 0.243 e. The third-order valence-corrected chi connectivity index (χ3v) is 4.62. The molecule has 0 aliphatic heterocycles. The molecule has 0 atom stereocenters. The van der Waals surface area contributed by atoms with Crippen LogP contribution in [0.5, 0.6) is 0 Å². The molecule has 2 rings (SSSR count). The van der Waals surface area contributed by atoms with Gasteiger partial charge in [-0.15, -0.1) is 0 Å². The van der Waals surface area contributed by atoms with Gasteiger partial charge in [0.05, 0.1) is 6.20 Å². The van der Waals surface area contributed by atoms with Crippen molar-refractivity contribution in [1.29, 1.82) is 0 Å². The quantitative estimate of drug-likeness (QED) is 0.712. The zero-order valence-electron chi connectivity index (χ0n) is 11.2. The number of sulfonamides is 1. The largest absolute Gasteiger partial charge is 0.316 e. The first kappa shape index (κ1) is 16.1. The van der Waals surface area contributed by atoms with Crippen molar-refractivity contribution < 1.29 is 12.8 Å². The Morgan fingerprint density at radius 2 is 2.14 bits per heavy atom. The van der Waals surface area contributed by atoms with Crippen LogP contribution < -0.4 is 10.0 Å². The second-order valence-corrected chi connectivity index (χ2v) is 6.99. The van der Waals surface area contributed by atoms with Gasteiger partial charge in [0.1, 0.15) is 10.7 Å². The van der Waals surface area contributed by atoms with Gasteiger partial charge in [-0.05, 0) is 19.2 Å². The fourth-order valence-electron chi connectivity index (χ4n) is 1.76. The SMILES string of the molecule is CNCc1cc(Br)cc(S(=O)(=O)NCc2cn[nH]c2)c1F. The fourth-order valence-corrected chi connectivity index (χ4v) is 3.58. The number of aromatic nitrogens is 2. The number of nitrogens with one attached hydrogen (secondary N) is 3. The molecule has 0 fully saturated rings. The Bertz CT molecular complexity index is 719. The molecule has 0 unspecified atom stereocenters. The van der Waals surface area contributed by atoms with Crippen LogP contribution in [0.2, 0.25) is 0 Å². The van der Waals surface area contributed by atoms with E-state index in [-0.39, 0.29) is 23.5 Å². The minimum absolute atomic E-state index is 0.0339. The fraction of sp³-hybridized carbons (Fsp3) is 0.250. The van der Waals surface area contributed by atoms with Crippen LogP contribution in [-0.4, -0.2) is 25.7 Å². The van der Waals surface area contributed by atoms with Gasteiger partial charge in [-0.3, -0.25) is 5.10 Å². The number of nitrogens with zero attached hydrogens (tertiary/aromatic N) is 1. The van der Waals surface area contributed by atoms with E-state index < -0.39 is 15.8 Å². The average Bonchev–Trinajstić information content (AvgIpc) is 2.94. The molecule has 114 valence electrons. The van der Waals surface area contributed by atoms with E-state index in [0.29, 0.717) is 10.0 Å². The molecule has 0 bridgehead atoms. The Kier molecular flexibility index (Phi) is 5.09. The summed E-state index contributed by atoms with van der Waals surface area (Å²) in [5, 5.41) is 9.09. The van der Waals surface area contributed by atoms with Crippen molar-refractivity contribution in [2.75, 3.05) is 7.05 Å². The lowest BCUT2D eigenvalue weighted by Gasteiger charge is -2.11.